The average molecular weight is 160 g/mol. The molecule has 11 heavy (non-hydrogen) atoms. The molecule has 0 aromatic carbocycles. The fraction of sp³-hybridized carbons (Fsp3) is 1.00. The molecule has 1 heterocycles. The lowest BCUT2D eigenvalue weighted by Gasteiger charge is -2.44. The Morgan fingerprint density at radius 1 is 1.36 bits per heavy atom. The molecule has 0 saturated carbocycles. The topological polar surface area (TPSA) is 27.7 Å². The number of hydrogen-bond acceptors (Lipinski definition) is 3. The van der Waals surface area contributed by atoms with E-state index >= 15 is 0 Å². The Labute approximate surface area is 67.6 Å². The van der Waals surface area contributed by atoms with Crippen molar-refractivity contribution in [3.05, 3.63) is 0 Å². The van der Waals surface area contributed by atoms with Crippen LogP contribution < -0.4 is 0 Å². The van der Waals surface area contributed by atoms with Crippen molar-refractivity contribution in [2.24, 2.45) is 0 Å². The van der Waals surface area contributed by atoms with Gasteiger partial charge in [0.15, 0.2) is 0 Å². The molecule has 0 radical (unpaired) electrons. The average Bonchev–Trinajstić information content (AvgIpc) is 1.86. The van der Waals surface area contributed by atoms with Crippen LogP contribution in [0.3, 0.4) is 0 Å². The second-order valence-corrected chi connectivity index (χ2v) is 2.68. The van der Waals surface area contributed by atoms with Crippen molar-refractivity contribution < 1.29 is 14.2 Å². The molecule has 1 rings (SSSR count). The molecule has 0 spiro atoms. The third-order valence-electron chi connectivity index (χ3n) is 1.65. The number of hydrogen-bond donors (Lipinski definition) is 0. The van der Waals surface area contributed by atoms with Gasteiger partial charge in [-0.3, -0.25) is 0 Å². The maximum atomic E-state index is 5.36. The molecule has 0 N–H and O–H groups in total. The van der Waals surface area contributed by atoms with Crippen molar-refractivity contribution in [3.63, 3.8) is 0 Å². The van der Waals surface area contributed by atoms with Crippen LogP contribution >= 0.6 is 0 Å². The zero-order chi connectivity index (χ0) is 8.32. The fourth-order valence-electron chi connectivity index (χ4n) is 1.32. The molecule has 0 bridgehead atoms. The molecule has 3 nitrogen and oxygen atoms in total. The van der Waals surface area contributed by atoms with Gasteiger partial charge in [0.2, 0.25) is 0 Å². The van der Waals surface area contributed by atoms with E-state index in [1.54, 1.807) is 0 Å². The van der Waals surface area contributed by atoms with Crippen LogP contribution in [-0.2, 0) is 14.2 Å². The monoisotopic (exact) mass is 160 g/mol. The lowest BCUT2D eigenvalue weighted by atomic mass is 10.1. The largest absolute Gasteiger partial charge is 0.328 e. The highest BCUT2D eigenvalue weighted by atomic mass is 16.9. The minimum atomic E-state index is -0.705. The van der Waals surface area contributed by atoms with Gasteiger partial charge in [-0.15, -0.1) is 0 Å². The SMILES string of the molecule is CCOC1(OCC)CC(C)O1. The fourth-order valence-corrected chi connectivity index (χ4v) is 1.32. The lowest BCUT2D eigenvalue weighted by Crippen LogP contribution is -2.53. The lowest BCUT2D eigenvalue weighted by molar-refractivity contribution is -0.454. The highest BCUT2D eigenvalue weighted by molar-refractivity contribution is 4.74. The van der Waals surface area contributed by atoms with Crippen LogP contribution in [0.1, 0.15) is 27.2 Å². The summed E-state index contributed by atoms with van der Waals surface area (Å²) in [4.78, 5) is 0. The summed E-state index contributed by atoms with van der Waals surface area (Å²) in [7, 11) is 0. The summed E-state index contributed by atoms with van der Waals surface area (Å²) in [5, 5.41) is 0. The normalized spacial score (nSPS) is 28.1. The van der Waals surface area contributed by atoms with Gasteiger partial charge in [0.1, 0.15) is 0 Å². The second-order valence-electron chi connectivity index (χ2n) is 2.68. The zero-order valence-electron chi connectivity index (χ0n) is 7.42. The smallest absolute Gasteiger partial charge is 0.285 e. The van der Waals surface area contributed by atoms with Crippen molar-refractivity contribution in [3.8, 4) is 0 Å². The van der Waals surface area contributed by atoms with Gasteiger partial charge < -0.3 is 14.2 Å². The first-order chi connectivity index (χ1) is 5.22. The van der Waals surface area contributed by atoms with Crippen LogP contribution in [-0.4, -0.2) is 25.3 Å². The first kappa shape index (κ1) is 8.97. The van der Waals surface area contributed by atoms with Crippen molar-refractivity contribution >= 4 is 0 Å². The quantitative estimate of drug-likeness (QED) is 0.583. The van der Waals surface area contributed by atoms with Gasteiger partial charge in [-0.25, -0.2) is 0 Å². The molecule has 1 fully saturated rings. The summed E-state index contributed by atoms with van der Waals surface area (Å²) in [5.41, 5.74) is 0. The molecular weight excluding hydrogens is 144 g/mol. The number of ether oxygens (including phenoxy) is 3. The van der Waals surface area contributed by atoms with E-state index < -0.39 is 5.97 Å². The first-order valence-electron chi connectivity index (χ1n) is 4.18. The standard InChI is InChI=1S/C8H16O3/c1-4-9-8(10-5-2)6-7(3)11-8/h7H,4-6H2,1-3H3. The molecule has 1 aliphatic heterocycles. The predicted molar refractivity (Wildman–Crippen MR) is 41.1 cm³/mol. The summed E-state index contributed by atoms with van der Waals surface area (Å²) in [6.07, 6.45) is 1.11. The van der Waals surface area contributed by atoms with Gasteiger partial charge in [0.05, 0.1) is 12.5 Å². The van der Waals surface area contributed by atoms with Crippen molar-refractivity contribution in [2.45, 2.75) is 39.3 Å². The summed E-state index contributed by atoms with van der Waals surface area (Å²) < 4.78 is 16.0. The van der Waals surface area contributed by atoms with Crippen LogP contribution in [0, 0.1) is 0 Å². The molecule has 0 amide bonds. The van der Waals surface area contributed by atoms with Crippen LogP contribution in [0.15, 0.2) is 0 Å². The molecule has 0 aromatic heterocycles. The Morgan fingerprint density at radius 3 is 2.09 bits per heavy atom. The van der Waals surface area contributed by atoms with E-state index in [4.69, 9.17) is 14.2 Å². The third-order valence-corrected chi connectivity index (χ3v) is 1.65. The van der Waals surface area contributed by atoms with Gasteiger partial charge in [-0.1, -0.05) is 0 Å². The van der Waals surface area contributed by atoms with E-state index in [9.17, 15) is 0 Å². The molecule has 1 saturated heterocycles. The van der Waals surface area contributed by atoms with Gasteiger partial charge in [0, 0.05) is 13.2 Å². The van der Waals surface area contributed by atoms with Crippen LogP contribution in [0.25, 0.3) is 0 Å². The van der Waals surface area contributed by atoms with Crippen LogP contribution in [0.2, 0.25) is 0 Å². The summed E-state index contributed by atoms with van der Waals surface area (Å²) in [5.74, 6) is -0.705. The third kappa shape index (κ3) is 1.92. The molecule has 1 unspecified atom stereocenters. The summed E-state index contributed by atoms with van der Waals surface area (Å²) >= 11 is 0. The molecule has 0 aromatic rings. The maximum absolute atomic E-state index is 5.36. The summed E-state index contributed by atoms with van der Waals surface area (Å²) in [6.45, 7) is 7.15. The first-order valence-corrected chi connectivity index (χ1v) is 4.18. The Morgan fingerprint density at radius 2 is 1.82 bits per heavy atom. The molecule has 66 valence electrons. The van der Waals surface area contributed by atoms with Gasteiger partial charge in [-0.05, 0) is 20.8 Å². The van der Waals surface area contributed by atoms with E-state index in [-0.39, 0.29) is 6.10 Å². The van der Waals surface area contributed by atoms with Gasteiger partial charge >= 0.3 is 0 Å². The van der Waals surface area contributed by atoms with Crippen molar-refractivity contribution in [2.75, 3.05) is 13.2 Å². The van der Waals surface area contributed by atoms with Gasteiger partial charge in [-0.2, -0.15) is 0 Å². The van der Waals surface area contributed by atoms with E-state index in [2.05, 4.69) is 0 Å². The number of rotatable bonds is 4. The van der Waals surface area contributed by atoms with E-state index in [1.165, 1.54) is 0 Å². The highest BCUT2D eigenvalue weighted by Crippen LogP contribution is 2.34. The maximum Gasteiger partial charge on any atom is 0.285 e. The molecule has 3 heteroatoms. The minimum absolute atomic E-state index is 0.271. The second kappa shape index (κ2) is 3.52. The minimum Gasteiger partial charge on any atom is -0.328 e. The molecule has 0 aliphatic carbocycles. The molecule has 1 aliphatic rings. The Balaban J connectivity index is 2.33. The van der Waals surface area contributed by atoms with Crippen LogP contribution in [0.4, 0.5) is 0 Å². The molecular formula is C8H16O3. The Kier molecular flexibility index (Phi) is 2.87. The summed E-state index contributed by atoms with van der Waals surface area (Å²) in [6, 6.07) is 0. The highest BCUT2D eigenvalue weighted by Gasteiger charge is 2.45. The Bertz CT molecular complexity index is 103. The van der Waals surface area contributed by atoms with Crippen molar-refractivity contribution in [1.82, 2.24) is 0 Å². The van der Waals surface area contributed by atoms with Crippen LogP contribution in [0.5, 0.6) is 0 Å². The molecule has 1 atom stereocenters. The Hall–Kier alpha value is -0.120. The predicted octanol–water partition coefficient (Wildman–Crippen LogP) is 1.52. The van der Waals surface area contributed by atoms with Gasteiger partial charge in [0.25, 0.3) is 5.97 Å². The zero-order valence-corrected chi connectivity index (χ0v) is 7.42. The van der Waals surface area contributed by atoms with E-state index in [0.29, 0.717) is 13.2 Å². The van der Waals surface area contributed by atoms with Crippen molar-refractivity contribution in [1.29, 1.82) is 0 Å². The van der Waals surface area contributed by atoms with E-state index in [1.807, 2.05) is 20.8 Å². The van der Waals surface area contributed by atoms with E-state index in [0.717, 1.165) is 6.42 Å².